The number of rotatable bonds is 6. The van der Waals surface area contributed by atoms with Gasteiger partial charge < -0.3 is 5.32 Å². The molecule has 0 spiro atoms. The predicted octanol–water partition coefficient (Wildman–Crippen LogP) is 4.56. The van der Waals surface area contributed by atoms with Gasteiger partial charge in [0.2, 0.25) is 5.91 Å². The predicted molar refractivity (Wildman–Crippen MR) is 85.7 cm³/mol. The lowest BCUT2D eigenvalue weighted by atomic mass is 9.83. The highest BCUT2D eigenvalue weighted by atomic mass is 16.1. The minimum Gasteiger partial charge on any atom is -0.347 e. The Bertz CT molecular complexity index is 443. The lowest BCUT2D eigenvalue weighted by Gasteiger charge is -2.30. The Labute approximate surface area is 124 Å². The van der Waals surface area contributed by atoms with Gasteiger partial charge in [-0.05, 0) is 38.2 Å². The SMILES string of the molecule is CCCC(C)(C)CC(=O)NC(C)(C)c1ccc(C)cc1. The molecule has 1 amide bonds. The minimum absolute atomic E-state index is 0.0716. The Morgan fingerprint density at radius 1 is 1.10 bits per heavy atom. The summed E-state index contributed by atoms with van der Waals surface area (Å²) in [7, 11) is 0. The average Bonchev–Trinajstić information content (AvgIpc) is 2.27. The molecule has 1 aromatic rings. The van der Waals surface area contributed by atoms with E-state index in [1.165, 1.54) is 5.56 Å². The van der Waals surface area contributed by atoms with Crippen LogP contribution in [0.25, 0.3) is 0 Å². The van der Waals surface area contributed by atoms with Crippen LogP contribution in [0.3, 0.4) is 0 Å². The first-order valence-corrected chi connectivity index (χ1v) is 7.54. The van der Waals surface area contributed by atoms with E-state index in [2.05, 4.69) is 71.1 Å². The van der Waals surface area contributed by atoms with Gasteiger partial charge in [0.05, 0.1) is 5.54 Å². The summed E-state index contributed by atoms with van der Waals surface area (Å²) >= 11 is 0. The van der Waals surface area contributed by atoms with E-state index in [0.717, 1.165) is 18.4 Å². The monoisotopic (exact) mass is 275 g/mol. The highest BCUT2D eigenvalue weighted by molar-refractivity contribution is 5.77. The molecule has 0 unspecified atom stereocenters. The van der Waals surface area contributed by atoms with Gasteiger partial charge in [-0.25, -0.2) is 0 Å². The zero-order chi connectivity index (χ0) is 15.4. The van der Waals surface area contributed by atoms with E-state index in [0.29, 0.717) is 6.42 Å². The van der Waals surface area contributed by atoms with Gasteiger partial charge >= 0.3 is 0 Å². The topological polar surface area (TPSA) is 29.1 Å². The van der Waals surface area contributed by atoms with Crippen LogP contribution in [0.2, 0.25) is 0 Å². The van der Waals surface area contributed by atoms with Crippen molar-refractivity contribution >= 4 is 5.91 Å². The summed E-state index contributed by atoms with van der Waals surface area (Å²) in [5.74, 6) is 0.133. The molecule has 0 atom stereocenters. The van der Waals surface area contributed by atoms with Crippen LogP contribution in [-0.4, -0.2) is 5.91 Å². The number of nitrogens with one attached hydrogen (secondary N) is 1. The van der Waals surface area contributed by atoms with Gasteiger partial charge in [-0.15, -0.1) is 0 Å². The Balaban J connectivity index is 2.71. The number of aryl methyl sites for hydroxylation is 1. The quantitative estimate of drug-likeness (QED) is 0.810. The van der Waals surface area contributed by atoms with Gasteiger partial charge in [0.25, 0.3) is 0 Å². The first kappa shape index (κ1) is 16.7. The largest absolute Gasteiger partial charge is 0.347 e. The van der Waals surface area contributed by atoms with Crippen molar-refractivity contribution in [3.8, 4) is 0 Å². The van der Waals surface area contributed by atoms with Crippen LogP contribution >= 0.6 is 0 Å². The van der Waals surface area contributed by atoms with Crippen molar-refractivity contribution in [2.75, 3.05) is 0 Å². The van der Waals surface area contributed by atoms with Crippen LogP contribution in [0.5, 0.6) is 0 Å². The lowest BCUT2D eigenvalue weighted by Crippen LogP contribution is -2.42. The van der Waals surface area contributed by atoms with Gasteiger partial charge in [0.15, 0.2) is 0 Å². The van der Waals surface area contributed by atoms with E-state index < -0.39 is 0 Å². The van der Waals surface area contributed by atoms with E-state index in [1.807, 2.05) is 0 Å². The molecule has 112 valence electrons. The van der Waals surface area contributed by atoms with Crippen molar-refractivity contribution in [2.24, 2.45) is 5.41 Å². The van der Waals surface area contributed by atoms with Crippen LogP contribution < -0.4 is 5.32 Å². The maximum Gasteiger partial charge on any atom is 0.221 e. The van der Waals surface area contributed by atoms with Crippen LogP contribution in [-0.2, 0) is 10.3 Å². The van der Waals surface area contributed by atoms with Gasteiger partial charge in [-0.2, -0.15) is 0 Å². The number of amides is 1. The van der Waals surface area contributed by atoms with E-state index in [9.17, 15) is 4.79 Å². The summed E-state index contributed by atoms with van der Waals surface area (Å²) in [4.78, 5) is 12.3. The van der Waals surface area contributed by atoms with Crippen molar-refractivity contribution in [1.82, 2.24) is 5.32 Å². The van der Waals surface area contributed by atoms with Crippen molar-refractivity contribution < 1.29 is 4.79 Å². The summed E-state index contributed by atoms with van der Waals surface area (Å²) in [6.45, 7) is 12.7. The summed E-state index contributed by atoms with van der Waals surface area (Å²) in [5.41, 5.74) is 2.12. The zero-order valence-corrected chi connectivity index (χ0v) is 13.8. The molecule has 0 fully saturated rings. The molecule has 1 aromatic carbocycles. The summed E-state index contributed by atoms with van der Waals surface area (Å²) < 4.78 is 0. The van der Waals surface area contributed by atoms with E-state index in [1.54, 1.807) is 0 Å². The molecule has 2 heteroatoms. The van der Waals surface area contributed by atoms with Gasteiger partial charge in [0.1, 0.15) is 0 Å². The van der Waals surface area contributed by atoms with Gasteiger partial charge in [-0.3, -0.25) is 4.79 Å². The fourth-order valence-corrected chi connectivity index (χ4v) is 2.63. The number of hydrogen-bond donors (Lipinski definition) is 1. The molecule has 0 saturated carbocycles. The Hall–Kier alpha value is -1.31. The second-order valence-electron chi connectivity index (χ2n) is 7.13. The van der Waals surface area contributed by atoms with Crippen molar-refractivity contribution in [1.29, 1.82) is 0 Å². The first-order valence-electron chi connectivity index (χ1n) is 7.54. The Morgan fingerprint density at radius 3 is 2.15 bits per heavy atom. The van der Waals surface area contributed by atoms with Crippen molar-refractivity contribution in [3.63, 3.8) is 0 Å². The fraction of sp³-hybridized carbons (Fsp3) is 0.611. The zero-order valence-electron chi connectivity index (χ0n) is 13.8. The number of hydrogen-bond acceptors (Lipinski definition) is 1. The molecule has 0 saturated heterocycles. The third-order valence-electron chi connectivity index (χ3n) is 3.79. The molecular weight excluding hydrogens is 246 g/mol. The fourth-order valence-electron chi connectivity index (χ4n) is 2.63. The Morgan fingerprint density at radius 2 is 1.65 bits per heavy atom. The molecule has 1 rings (SSSR count). The number of benzene rings is 1. The molecule has 0 aliphatic carbocycles. The molecule has 20 heavy (non-hydrogen) atoms. The van der Waals surface area contributed by atoms with Crippen LogP contribution in [0.1, 0.15) is 65.0 Å². The molecule has 0 radical (unpaired) electrons. The number of carbonyl (C=O) groups is 1. The second-order valence-corrected chi connectivity index (χ2v) is 7.13. The Kier molecular flexibility index (Phi) is 5.38. The maximum atomic E-state index is 12.3. The molecule has 0 aromatic heterocycles. The molecule has 2 nitrogen and oxygen atoms in total. The van der Waals surface area contributed by atoms with Crippen molar-refractivity contribution in [3.05, 3.63) is 35.4 Å². The second kappa shape index (κ2) is 6.43. The average molecular weight is 275 g/mol. The molecule has 0 aliphatic heterocycles. The summed E-state index contributed by atoms with van der Waals surface area (Å²) in [6.07, 6.45) is 2.77. The van der Waals surface area contributed by atoms with E-state index in [4.69, 9.17) is 0 Å². The van der Waals surface area contributed by atoms with Crippen LogP contribution in [0.15, 0.2) is 24.3 Å². The van der Waals surface area contributed by atoms with Gasteiger partial charge in [-0.1, -0.05) is 57.0 Å². The van der Waals surface area contributed by atoms with Crippen LogP contribution in [0, 0.1) is 12.3 Å². The van der Waals surface area contributed by atoms with E-state index >= 15 is 0 Å². The highest BCUT2D eigenvalue weighted by Gasteiger charge is 2.26. The maximum absolute atomic E-state index is 12.3. The summed E-state index contributed by atoms with van der Waals surface area (Å²) in [6, 6.07) is 8.36. The smallest absolute Gasteiger partial charge is 0.221 e. The lowest BCUT2D eigenvalue weighted by molar-refractivity contribution is -0.124. The molecule has 0 heterocycles. The van der Waals surface area contributed by atoms with Crippen LogP contribution in [0.4, 0.5) is 0 Å². The normalized spacial score (nSPS) is 12.3. The minimum atomic E-state index is -0.326. The van der Waals surface area contributed by atoms with Crippen molar-refractivity contribution in [2.45, 2.75) is 66.3 Å². The number of carbonyl (C=O) groups excluding carboxylic acids is 1. The first-order chi connectivity index (χ1) is 9.16. The third-order valence-corrected chi connectivity index (χ3v) is 3.79. The third kappa shape index (κ3) is 4.99. The molecule has 0 aliphatic rings. The van der Waals surface area contributed by atoms with E-state index in [-0.39, 0.29) is 16.9 Å². The molecule has 1 N–H and O–H groups in total. The molecule has 0 bridgehead atoms. The standard InChI is InChI=1S/C18H29NO/c1-7-12-17(3,4)13-16(20)19-18(5,6)15-10-8-14(2)9-11-15/h8-11H,7,12-13H2,1-6H3,(H,19,20). The molecular formula is C18H29NO. The van der Waals surface area contributed by atoms with Gasteiger partial charge in [0, 0.05) is 6.42 Å². The summed E-state index contributed by atoms with van der Waals surface area (Å²) in [5, 5.41) is 3.17. The highest BCUT2D eigenvalue weighted by Crippen LogP contribution is 2.28.